The van der Waals surface area contributed by atoms with Crippen molar-refractivity contribution < 1.29 is 10.6 Å². The van der Waals surface area contributed by atoms with Crippen LogP contribution in [0.5, 0.6) is 5.75 Å². The molecule has 0 aliphatic heterocycles. The molecule has 0 unspecified atom stereocenters. The third-order valence-corrected chi connectivity index (χ3v) is 3.59. The molecule has 0 amide bonds. The van der Waals surface area contributed by atoms with Crippen LogP contribution in [0.1, 0.15) is 79.0 Å². The lowest BCUT2D eigenvalue weighted by Crippen LogP contribution is -2.21. The second-order valence-corrected chi connectivity index (χ2v) is 8.67. The number of rotatable bonds is 0. The SMILES string of the molecule is CC(C)(C)c1cc(C(C)(C)C)c(O)c(C(C)(C)C)c1.O. The summed E-state index contributed by atoms with van der Waals surface area (Å²) in [4.78, 5) is 0. The molecule has 0 saturated heterocycles. The van der Waals surface area contributed by atoms with Crippen molar-refractivity contribution >= 4 is 0 Å². The van der Waals surface area contributed by atoms with Crippen molar-refractivity contribution in [2.75, 3.05) is 0 Å². The fourth-order valence-electron chi connectivity index (χ4n) is 2.21. The monoisotopic (exact) mass is 280 g/mol. The maximum atomic E-state index is 10.7. The van der Waals surface area contributed by atoms with E-state index in [1.807, 2.05) is 0 Å². The number of benzene rings is 1. The first kappa shape index (κ1) is 19.0. The molecule has 3 N–H and O–H groups in total. The van der Waals surface area contributed by atoms with Crippen molar-refractivity contribution in [3.8, 4) is 5.75 Å². The Balaban J connectivity index is 0.00000361. The van der Waals surface area contributed by atoms with E-state index in [-0.39, 0.29) is 21.7 Å². The van der Waals surface area contributed by atoms with E-state index in [9.17, 15) is 5.11 Å². The van der Waals surface area contributed by atoms with Crippen LogP contribution in [-0.2, 0) is 16.2 Å². The average molecular weight is 280 g/mol. The quantitative estimate of drug-likeness (QED) is 0.749. The van der Waals surface area contributed by atoms with E-state index in [0.717, 1.165) is 11.1 Å². The molecular formula is C18H32O2. The van der Waals surface area contributed by atoms with Crippen LogP contribution < -0.4 is 0 Å². The zero-order chi connectivity index (χ0) is 15.2. The highest BCUT2D eigenvalue weighted by Gasteiger charge is 2.28. The Morgan fingerprint density at radius 1 is 0.650 bits per heavy atom. The molecule has 1 aromatic rings. The molecule has 0 saturated carbocycles. The molecule has 116 valence electrons. The van der Waals surface area contributed by atoms with Gasteiger partial charge in [-0.15, -0.1) is 0 Å². The van der Waals surface area contributed by atoms with Crippen LogP contribution in [-0.4, -0.2) is 10.6 Å². The molecule has 0 aromatic heterocycles. The third kappa shape index (κ3) is 3.99. The number of hydrogen-bond acceptors (Lipinski definition) is 1. The smallest absolute Gasteiger partial charge is 0.123 e. The van der Waals surface area contributed by atoms with E-state index >= 15 is 0 Å². The Labute approximate surface area is 124 Å². The second kappa shape index (κ2) is 5.40. The summed E-state index contributed by atoms with van der Waals surface area (Å²) >= 11 is 0. The molecule has 1 rings (SSSR count). The van der Waals surface area contributed by atoms with E-state index in [2.05, 4.69) is 74.4 Å². The zero-order valence-corrected chi connectivity index (χ0v) is 14.6. The summed E-state index contributed by atoms with van der Waals surface area (Å²) in [6, 6.07) is 4.34. The predicted molar refractivity (Wildman–Crippen MR) is 87.8 cm³/mol. The van der Waals surface area contributed by atoms with Gasteiger partial charge >= 0.3 is 0 Å². The van der Waals surface area contributed by atoms with Gasteiger partial charge in [0.15, 0.2) is 0 Å². The molecule has 0 aliphatic rings. The van der Waals surface area contributed by atoms with E-state index in [4.69, 9.17) is 0 Å². The van der Waals surface area contributed by atoms with E-state index in [1.165, 1.54) is 5.56 Å². The van der Waals surface area contributed by atoms with Gasteiger partial charge in [0.05, 0.1) is 0 Å². The largest absolute Gasteiger partial charge is 0.507 e. The maximum Gasteiger partial charge on any atom is 0.123 e. The summed E-state index contributed by atoms with van der Waals surface area (Å²) in [6.07, 6.45) is 0. The first-order chi connectivity index (χ1) is 8.24. The average Bonchev–Trinajstić information content (AvgIpc) is 2.11. The minimum absolute atomic E-state index is 0. The third-order valence-electron chi connectivity index (χ3n) is 3.59. The van der Waals surface area contributed by atoms with Crippen molar-refractivity contribution in [2.24, 2.45) is 0 Å². The molecule has 1 aromatic carbocycles. The summed E-state index contributed by atoms with van der Waals surface area (Å²) in [7, 11) is 0. The Morgan fingerprint density at radius 3 is 1.15 bits per heavy atom. The van der Waals surface area contributed by atoms with Gasteiger partial charge in [-0.3, -0.25) is 0 Å². The standard InChI is InChI=1S/C18H30O.H2O/c1-16(2,3)12-10-13(17(4,5)6)15(19)14(11-12)18(7,8)9;/h10-11,19H,1-9H3;1H2. The van der Waals surface area contributed by atoms with Gasteiger partial charge in [0.2, 0.25) is 0 Å². The van der Waals surface area contributed by atoms with Crippen LogP contribution in [0.4, 0.5) is 0 Å². The lowest BCUT2D eigenvalue weighted by atomic mass is 9.75. The minimum atomic E-state index is -0.0503. The first-order valence-electron chi connectivity index (χ1n) is 7.13. The van der Waals surface area contributed by atoms with Crippen molar-refractivity contribution in [3.63, 3.8) is 0 Å². The van der Waals surface area contributed by atoms with Gasteiger partial charge in [-0.2, -0.15) is 0 Å². The minimum Gasteiger partial charge on any atom is -0.507 e. The molecule has 0 bridgehead atoms. The molecule has 0 heterocycles. The highest BCUT2D eigenvalue weighted by atomic mass is 16.3. The summed E-state index contributed by atoms with van der Waals surface area (Å²) in [5.74, 6) is 0.466. The molecule has 2 nitrogen and oxygen atoms in total. The topological polar surface area (TPSA) is 51.7 Å². The van der Waals surface area contributed by atoms with E-state index < -0.39 is 0 Å². The maximum absolute atomic E-state index is 10.7. The number of hydrogen-bond donors (Lipinski definition) is 1. The fraction of sp³-hybridized carbons (Fsp3) is 0.667. The number of phenolic OH excluding ortho intramolecular Hbond substituents is 1. The molecule has 0 atom stereocenters. The molecule has 2 heteroatoms. The highest BCUT2D eigenvalue weighted by molar-refractivity contribution is 5.51. The van der Waals surface area contributed by atoms with Gasteiger partial charge in [0.1, 0.15) is 5.75 Å². The second-order valence-electron chi connectivity index (χ2n) is 8.67. The van der Waals surface area contributed by atoms with Crippen LogP contribution in [0.2, 0.25) is 0 Å². The molecule has 0 radical (unpaired) electrons. The molecule has 20 heavy (non-hydrogen) atoms. The van der Waals surface area contributed by atoms with Gasteiger partial charge < -0.3 is 10.6 Å². The lowest BCUT2D eigenvalue weighted by Gasteiger charge is -2.31. The fourth-order valence-corrected chi connectivity index (χ4v) is 2.21. The lowest BCUT2D eigenvalue weighted by molar-refractivity contribution is 0.421. The van der Waals surface area contributed by atoms with Gasteiger partial charge in [-0.1, -0.05) is 74.4 Å². The van der Waals surface area contributed by atoms with Crippen LogP contribution in [0.25, 0.3) is 0 Å². The van der Waals surface area contributed by atoms with Gasteiger partial charge in [0.25, 0.3) is 0 Å². The highest BCUT2D eigenvalue weighted by Crippen LogP contribution is 2.41. The van der Waals surface area contributed by atoms with Crippen LogP contribution in [0, 0.1) is 0 Å². The van der Waals surface area contributed by atoms with Crippen molar-refractivity contribution in [2.45, 2.75) is 78.6 Å². The van der Waals surface area contributed by atoms with Gasteiger partial charge in [-0.25, -0.2) is 0 Å². The molecule has 0 aliphatic carbocycles. The van der Waals surface area contributed by atoms with Crippen LogP contribution >= 0.6 is 0 Å². The van der Waals surface area contributed by atoms with Crippen molar-refractivity contribution in [3.05, 3.63) is 28.8 Å². The summed E-state index contributed by atoms with van der Waals surface area (Å²) in [5, 5.41) is 10.7. The Kier molecular flexibility index (Phi) is 5.13. The summed E-state index contributed by atoms with van der Waals surface area (Å²) < 4.78 is 0. The van der Waals surface area contributed by atoms with Crippen LogP contribution in [0.15, 0.2) is 12.1 Å². The molecule has 0 spiro atoms. The Bertz CT molecular complexity index is 431. The van der Waals surface area contributed by atoms with Crippen LogP contribution in [0.3, 0.4) is 0 Å². The van der Waals surface area contributed by atoms with E-state index in [1.54, 1.807) is 0 Å². The van der Waals surface area contributed by atoms with E-state index in [0.29, 0.717) is 5.75 Å². The summed E-state index contributed by atoms with van der Waals surface area (Å²) in [5.41, 5.74) is 3.37. The number of aromatic hydroxyl groups is 1. The van der Waals surface area contributed by atoms with Crippen molar-refractivity contribution in [1.82, 2.24) is 0 Å². The van der Waals surface area contributed by atoms with Crippen molar-refractivity contribution in [1.29, 1.82) is 0 Å². The number of phenols is 1. The van der Waals surface area contributed by atoms with Gasteiger partial charge in [-0.05, 0) is 32.9 Å². The normalized spacial score (nSPS) is 13.1. The predicted octanol–water partition coefficient (Wildman–Crippen LogP) is 4.46. The zero-order valence-electron chi connectivity index (χ0n) is 14.6. The Morgan fingerprint density at radius 2 is 0.950 bits per heavy atom. The first-order valence-corrected chi connectivity index (χ1v) is 7.13. The van der Waals surface area contributed by atoms with Gasteiger partial charge in [0, 0.05) is 0 Å². The summed E-state index contributed by atoms with van der Waals surface area (Å²) in [6.45, 7) is 19.6. The molecular weight excluding hydrogens is 248 g/mol. The molecule has 0 fully saturated rings. The Hall–Kier alpha value is -1.02.